The highest BCUT2D eigenvalue weighted by molar-refractivity contribution is 6.04. The average molecular weight is 581 g/mol. The number of rotatable bonds is 11. The van der Waals surface area contributed by atoms with Crippen molar-refractivity contribution in [2.24, 2.45) is 11.8 Å². The Labute approximate surface area is 246 Å². The highest BCUT2D eigenvalue weighted by Crippen LogP contribution is 2.23. The maximum Gasteiger partial charge on any atom is 0.408 e. The fraction of sp³-hybridized carbons (Fsp3) is 0.452. The smallest absolute Gasteiger partial charge is 0.408 e. The van der Waals surface area contributed by atoms with Gasteiger partial charge in [0.2, 0.25) is 17.7 Å². The van der Waals surface area contributed by atoms with E-state index in [4.69, 9.17) is 4.74 Å². The van der Waals surface area contributed by atoms with Crippen molar-refractivity contribution < 1.29 is 33.8 Å². The molecule has 2 aromatic carbocycles. The Hall–Kier alpha value is -4.41. The number of anilines is 1. The maximum absolute atomic E-state index is 13.6. The number of nitrogens with zero attached hydrogens (tertiary/aromatic N) is 1. The molecule has 1 heterocycles. The number of benzene rings is 2. The van der Waals surface area contributed by atoms with Gasteiger partial charge in [-0.05, 0) is 48.8 Å². The van der Waals surface area contributed by atoms with Crippen molar-refractivity contribution >= 4 is 35.5 Å². The molecule has 2 aromatic rings. The molecule has 1 saturated heterocycles. The van der Waals surface area contributed by atoms with Gasteiger partial charge in [-0.3, -0.25) is 14.4 Å². The molecule has 0 saturated carbocycles. The molecule has 11 heteroatoms. The second-order valence-electron chi connectivity index (χ2n) is 11.1. The summed E-state index contributed by atoms with van der Waals surface area (Å²) >= 11 is 0. The third-order valence-electron chi connectivity index (χ3n) is 7.25. The van der Waals surface area contributed by atoms with Crippen molar-refractivity contribution in [3.8, 4) is 0 Å². The lowest BCUT2D eigenvalue weighted by atomic mass is 10.0. The van der Waals surface area contributed by atoms with E-state index in [-0.39, 0.29) is 29.7 Å². The summed E-state index contributed by atoms with van der Waals surface area (Å²) in [6, 6.07) is 11.2. The number of carboxylic acid groups (broad SMARTS) is 1. The third kappa shape index (κ3) is 8.08. The molecule has 1 fully saturated rings. The van der Waals surface area contributed by atoms with E-state index in [9.17, 15) is 29.1 Å². The third-order valence-corrected chi connectivity index (χ3v) is 7.25. The Kier molecular flexibility index (Phi) is 11.1. The number of aromatic carboxylic acids is 1. The number of aryl methyl sites for hydroxylation is 1. The maximum atomic E-state index is 13.6. The molecule has 1 aliphatic heterocycles. The molecule has 4 N–H and O–H groups in total. The van der Waals surface area contributed by atoms with Crippen LogP contribution in [0.2, 0.25) is 0 Å². The SMILES string of the molecule is Cc1cccc(NC(=O)[C@@H](NC(=O)[C@@H]2CCCN2C(=O)[C@@H](NC(=O)OCc2ccccc2)C(C)C)C(C)C)c1C(=O)O. The van der Waals surface area contributed by atoms with E-state index in [0.29, 0.717) is 24.9 Å². The molecule has 1 aliphatic rings. The number of carbonyl (C=O) groups excluding carboxylic acids is 4. The lowest BCUT2D eigenvalue weighted by molar-refractivity contribution is -0.141. The van der Waals surface area contributed by atoms with Crippen molar-refractivity contribution in [2.75, 3.05) is 11.9 Å². The Morgan fingerprint density at radius 3 is 2.21 bits per heavy atom. The molecular weight excluding hydrogens is 540 g/mol. The van der Waals surface area contributed by atoms with E-state index in [2.05, 4.69) is 16.0 Å². The molecule has 0 bridgehead atoms. The minimum atomic E-state index is -1.18. The monoisotopic (exact) mass is 580 g/mol. The van der Waals surface area contributed by atoms with Crippen LogP contribution in [-0.2, 0) is 25.7 Å². The fourth-order valence-electron chi connectivity index (χ4n) is 4.94. The number of amides is 4. The molecule has 0 aliphatic carbocycles. The first-order valence-corrected chi connectivity index (χ1v) is 14.1. The number of carbonyl (C=O) groups is 5. The number of ether oxygens (including phenoxy) is 1. The van der Waals surface area contributed by atoms with E-state index < -0.39 is 47.9 Å². The first-order chi connectivity index (χ1) is 19.9. The van der Waals surface area contributed by atoms with Gasteiger partial charge in [0.15, 0.2) is 0 Å². The molecule has 0 unspecified atom stereocenters. The van der Waals surface area contributed by atoms with Crippen LogP contribution in [0.5, 0.6) is 0 Å². The van der Waals surface area contributed by atoms with Gasteiger partial charge < -0.3 is 30.7 Å². The number of alkyl carbamates (subject to hydrolysis) is 1. The predicted molar refractivity (Wildman–Crippen MR) is 157 cm³/mol. The van der Waals surface area contributed by atoms with Gasteiger partial charge in [-0.2, -0.15) is 0 Å². The van der Waals surface area contributed by atoms with Crippen molar-refractivity contribution in [1.82, 2.24) is 15.5 Å². The fourth-order valence-corrected chi connectivity index (χ4v) is 4.94. The lowest BCUT2D eigenvalue weighted by Gasteiger charge is -2.31. The van der Waals surface area contributed by atoms with Gasteiger partial charge in [0.25, 0.3) is 0 Å². The van der Waals surface area contributed by atoms with E-state index in [1.54, 1.807) is 46.8 Å². The summed E-state index contributed by atoms with van der Waals surface area (Å²) in [5.41, 5.74) is 1.40. The number of nitrogens with one attached hydrogen (secondary N) is 3. The summed E-state index contributed by atoms with van der Waals surface area (Å²) in [4.78, 5) is 66.0. The van der Waals surface area contributed by atoms with E-state index in [1.165, 1.54) is 11.0 Å². The van der Waals surface area contributed by atoms with E-state index in [0.717, 1.165) is 5.56 Å². The van der Waals surface area contributed by atoms with Crippen molar-refractivity contribution in [3.63, 3.8) is 0 Å². The van der Waals surface area contributed by atoms with Crippen LogP contribution in [0.15, 0.2) is 48.5 Å². The van der Waals surface area contributed by atoms with Crippen LogP contribution in [0.3, 0.4) is 0 Å². The molecule has 4 amide bonds. The first kappa shape index (κ1) is 32.1. The van der Waals surface area contributed by atoms with Crippen LogP contribution in [0, 0.1) is 18.8 Å². The normalized spacial score (nSPS) is 16.1. The van der Waals surface area contributed by atoms with Gasteiger partial charge in [-0.25, -0.2) is 9.59 Å². The Morgan fingerprint density at radius 2 is 1.60 bits per heavy atom. The van der Waals surface area contributed by atoms with Gasteiger partial charge in [0.05, 0.1) is 11.3 Å². The predicted octanol–water partition coefficient (Wildman–Crippen LogP) is 3.71. The van der Waals surface area contributed by atoms with E-state index >= 15 is 0 Å². The minimum Gasteiger partial charge on any atom is -0.478 e. The van der Waals surface area contributed by atoms with Crippen LogP contribution in [0.1, 0.15) is 62.0 Å². The first-order valence-electron chi connectivity index (χ1n) is 14.1. The Bertz CT molecular complexity index is 1300. The largest absolute Gasteiger partial charge is 0.478 e. The Balaban J connectivity index is 1.68. The summed E-state index contributed by atoms with van der Waals surface area (Å²) in [7, 11) is 0. The van der Waals surface area contributed by atoms with Crippen LogP contribution >= 0.6 is 0 Å². The van der Waals surface area contributed by atoms with Gasteiger partial charge in [0.1, 0.15) is 24.7 Å². The molecular formula is C31H40N4O7. The second kappa shape index (κ2) is 14.5. The molecule has 11 nitrogen and oxygen atoms in total. The number of hydrogen-bond donors (Lipinski definition) is 4. The zero-order chi connectivity index (χ0) is 31.0. The van der Waals surface area contributed by atoms with Gasteiger partial charge >= 0.3 is 12.1 Å². The molecule has 0 spiro atoms. The molecule has 3 rings (SSSR count). The van der Waals surface area contributed by atoms with Crippen molar-refractivity contribution in [2.45, 2.75) is 72.2 Å². The number of hydrogen-bond acceptors (Lipinski definition) is 6. The standard InChI is InChI=1S/C31H40N4O7/c1-18(2)25(28(37)32-22-14-9-11-20(5)24(22)30(39)40)33-27(36)23-15-10-16-35(23)29(38)26(19(3)4)34-31(41)42-17-21-12-7-6-8-13-21/h6-9,11-14,18-19,23,25-26H,10,15-17H2,1-5H3,(H,32,37)(H,33,36)(H,34,41)(H,39,40)/t23-,25-,26-/m0/s1. The van der Waals surface area contributed by atoms with Crippen molar-refractivity contribution in [1.29, 1.82) is 0 Å². The van der Waals surface area contributed by atoms with Gasteiger partial charge in [-0.1, -0.05) is 70.2 Å². The topological polar surface area (TPSA) is 154 Å². The summed E-state index contributed by atoms with van der Waals surface area (Å²) < 4.78 is 5.30. The molecule has 226 valence electrons. The number of carboxylic acids is 1. The van der Waals surface area contributed by atoms with Crippen LogP contribution in [0.25, 0.3) is 0 Å². The van der Waals surface area contributed by atoms with Crippen LogP contribution in [0.4, 0.5) is 10.5 Å². The number of likely N-dealkylation sites (tertiary alicyclic amines) is 1. The highest BCUT2D eigenvalue weighted by atomic mass is 16.5. The quantitative estimate of drug-likeness (QED) is 0.316. The molecule has 42 heavy (non-hydrogen) atoms. The molecule has 3 atom stereocenters. The summed E-state index contributed by atoms with van der Waals surface area (Å²) in [5.74, 6) is -3.25. The van der Waals surface area contributed by atoms with E-state index in [1.807, 2.05) is 30.3 Å². The highest BCUT2D eigenvalue weighted by Gasteiger charge is 2.40. The molecule has 0 aromatic heterocycles. The second-order valence-corrected chi connectivity index (χ2v) is 11.1. The van der Waals surface area contributed by atoms with Crippen molar-refractivity contribution in [3.05, 3.63) is 65.2 Å². The summed E-state index contributed by atoms with van der Waals surface area (Å²) in [5, 5.41) is 17.7. The minimum absolute atomic E-state index is 0.0261. The zero-order valence-electron chi connectivity index (χ0n) is 24.7. The van der Waals surface area contributed by atoms with Gasteiger partial charge in [-0.15, -0.1) is 0 Å². The van der Waals surface area contributed by atoms with Crippen LogP contribution < -0.4 is 16.0 Å². The summed E-state index contributed by atoms with van der Waals surface area (Å²) in [6.07, 6.45) is 0.241. The lowest BCUT2D eigenvalue weighted by Crippen LogP contribution is -2.57. The molecule has 0 radical (unpaired) electrons. The Morgan fingerprint density at radius 1 is 0.929 bits per heavy atom. The van der Waals surface area contributed by atoms with Crippen LogP contribution in [-0.4, -0.2) is 64.5 Å². The van der Waals surface area contributed by atoms with Gasteiger partial charge in [0, 0.05) is 6.54 Å². The summed E-state index contributed by atoms with van der Waals surface area (Å²) in [6.45, 7) is 9.11. The average Bonchev–Trinajstić information content (AvgIpc) is 3.43. The zero-order valence-corrected chi connectivity index (χ0v) is 24.7.